The van der Waals surface area contributed by atoms with E-state index in [1.54, 1.807) is 4.90 Å². The first kappa shape index (κ1) is 19.4. The third kappa shape index (κ3) is 4.37. The number of para-hydroxylation sites is 1. The first-order valence-corrected chi connectivity index (χ1v) is 10.1. The molecule has 3 aliphatic heterocycles. The van der Waals surface area contributed by atoms with Crippen LogP contribution in [-0.4, -0.2) is 75.0 Å². The van der Waals surface area contributed by atoms with Crippen LogP contribution in [0.25, 0.3) is 0 Å². The maximum Gasteiger partial charge on any atom is 0.253 e. The number of morpholine rings is 1. The lowest BCUT2D eigenvalue weighted by molar-refractivity contribution is -0.159. The number of carbonyl (C=O) groups is 2. The number of benzene rings is 1. The third-order valence-corrected chi connectivity index (χ3v) is 5.81. The Morgan fingerprint density at radius 1 is 1.07 bits per heavy atom. The van der Waals surface area contributed by atoms with Crippen LogP contribution in [-0.2, 0) is 23.8 Å². The molecule has 1 spiro atoms. The molecular formula is C21H28N2O5. The Morgan fingerprint density at radius 2 is 1.86 bits per heavy atom. The first-order chi connectivity index (χ1) is 13.7. The molecule has 0 saturated carbocycles. The summed E-state index contributed by atoms with van der Waals surface area (Å²) in [4.78, 5) is 29.1. The Morgan fingerprint density at radius 3 is 2.64 bits per heavy atom. The number of rotatable bonds is 3. The van der Waals surface area contributed by atoms with Gasteiger partial charge in [-0.05, 0) is 30.9 Å². The first-order valence-electron chi connectivity index (χ1n) is 10.1. The third-order valence-electron chi connectivity index (χ3n) is 5.81. The van der Waals surface area contributed by atoms with Gasteiger partial charge in [-0.3, -0.25) is 9.59 Å². The van der Waals surface area contributed by atoms with Gasteiger partial charge in [0.1, 0.15) is 12.2 Å². The van der Waals surface area contributed by atoms with Crippen molar-refractivity contribution < 1.29 is 23.8 Å². The van der Waals surface area contributed by atoms with Crippen molar-refractivity contribution in [3.63, 3.8) is 0 Å². The number of anilines is 1. The second-order valence-corrected chi connectivity index (χ2v) is 7.91. The number of amides is 2. The second-order valence-electron chi connectivity index (χ2n) is 7.91. The lowest BCUT2D eigenvalue weighted by atomic mass is 9.95. The van der Waals surface area contributed by atoms with E-state index in [1.807, 2.05) is 35.2 Å². The number of hydrogen-bond acceptors (Lipinski definition) is 5. The van der Waals surface area contributed by atoms with Crippen LogP contribution >= 0.6 is 0 Å². The zero-order valence-corrected chi connectivity index (χ0v) is 16.2. The van der Waals surface area contributed by atoms with E-state index in [9.17, 15) is 9.59 Å². The fraction of sp³-hybridized carbons (Fsp3) is 0.619. The topological polar surface area (TPSA) is 68.3 Å². The van der Waals surface area contributed by atoms with Crippen molar-refractivity contribution in [2.24, 2.45) is 5.92 Å². The van der Waals surface area contributed by atoms with E-state index in [0.29, 0.717) is 45.2 Å². The molecular weight excluding hydrogens is 360 g/mol. The van der Waals surface area contributed by atoms with Crippen LogP contribution in [0.3, 0.4) is 0 Å². The van der Waals surface area contributed by atoms with Gasteiger partial charge in [0.15, 0.2) is 0 Å². The minimum Gasteiger partial charge on any atom is -0.381 e. The molecule has 3 heterocycles. The van der Waals surface area contributed by atoms with Crippen LogP contribution in [0.5, 0.6) is 0 Å². The SMILES string of the molecule is O=C(CC1CCOCC1)N1CCOC2(COCC(=O)N(c3ccccc3)C2)C1. The summed E-state index contributed by atoms with van der Waals surface area (Å²) in [6.45, 7) is 3.70. The van der Waals surface area contributed by atoms with Gasteiger partial charge >= 0.3 is 0 Å². The average Bonchev–Trinajstić information content (AvgIpc) is 2.88. The van der Waals surface area contributed by atoms with Gasteiger partial charge < -0.3 is 24.0 Å². The van der Waals surface area contributed by atoms with Crippen LogP contribution in [0, 0.1) is 5.92 Å². The molecule has 1 unspecified atom stereocenters. The molecule has 0 aromatic heterocycles. The lowest BCUT2D eigenvalue weighted by Gasteiger charge is -2.43. The second kappa shape index (κ2) is 8.59. The summed E-state index contributed by atoms with van der Waals surface area (Å²) in [5.41, 5.74) is 0.137. The van der Waals surface area contributed by atoms with Crippen molar-refractivity contribution in [2.75, 3.05) is 57.6 Å². The van der Waals surface area contributed by atoms with E-state index in [4.69, 9.17) is 14.2 Å². The van der Waals surface area contributed by atoms with Gasteiger partial charge in [0, 0.05) is 31.9 Å². The Labute approximate surface area is 165 Å². The molecule has 7 nitrogen and oxygen atoms in total. The summed E-state index contributed by atoms with van der Waals surface area (Å²) in [6, 6.07) is 9.56. The van der Waals surface area contributed by atoms with E-state index in [2.05, 4.69) is 0 Å². The Balaban J connectivity index is 1.46. The summed E-state index contributed by atoms with van der Waals surface area (Å²) in [6.07, 6.45) is 2.45. The summed E-state index contributed by atoms with van der Waals surface area (Å²) < 4.78 is 17.2. The lowest BCUT2D eigenvalue weighted by Crippen LogP contribution is -2.60. The fourth-order valence-corrected chi connectivity index (χ4v) is 4.23. The molecule has 28 heavy (non-hydrogen) atoms. The van der Waals surface area contributed by atoms with Crippen LogP contribution in [0.4, 0.5) is 5.69 Å². The predicted octanol–water partition coefficient (Wildman–Crippen LogP) is 1.46. The Kier molecular flexibility index (Phi) is 5.94. The van der Waals surface area contributed by atoms with Gasteiger partial charge in [0.25, 0.3) is 5.91 Å². The summed E-state index contributed by atoms with van der Waals surface area (Å²) in [5.74, 6) is 0.474. The normalized spacial score (nSPS) is 27.1. The molecule has 0 bridgehead atoms. The molecule has 3 fully saturated rings. The highest BCUT2D eigenvalue weighted by atomic mass is 16.5. The predicted molar refractivity (Wildman–Crippen MR) is 103 cm³/mol. The van der Waals surface area contributed by atoms with E-state index in [1.165, 1.54) is 0 Å². The van der Waals surface area contributed by atoms with E-state index >= 15 is 0 Å². The maximum absolute atomic E-state index is 12.9. The molecule has 0 N–H and O–H groups in total. The molecule has 1 atom stereocenters. The maximum atomic E-state index is 12.9. The summed E-state index contributed by atoms with van der Waals surface area (Å²) >= 11 is 0. The summed E-state index contributed by atoms with van der Waals surface area (Å²) in [5, 5.41) is 0. The molecule has 0 aliphatic carbocycles. The van der Waals surface area contributed by atoms with Crippen molar-refractivity contribution in [3.05, 3.63) is 30.3 Å². The van der Waals surface area contributed by atoms with Gasteiger partial charge in [-0.15, -0.1) is 0 Å². The van der Waals surface area contributed by atoms with Crippen molar-refractivity contribution in [1.29, 1.82) is 0 Å². The van der Waals surface area contributed by atoms with E-state index in [0.717, 1.165) is 31.7 Å². The van der Waals surface area contributed by atoms with E-state index in [-0.39, 0.29) is 18.4 Å². The molecule has 7 heteroatoms. The largest absolute Gasteiger partial charge is 0.381 e. The highest BCUT2D eigenvalue weighted by molar-refractivity contribution is 5.94. The van der Waals surface area contributed by atoms with Crippen LogP contribution in [0.2, 0.25) is 0 Å². The van der Waals surface area contributed by atoms with Crippen LogP contribution < -0.4 is 4.90 Å². The molecule has 1 aromatic carbocycles. The smallest absolute Gasteiger partial charge is 0.253 e. The molecule has 0 radical (unpaired) electrons. The number of ether oxygens (including phenoxy) is 3. The molecule has 3 saturated heterocycles. The van der Waals surface area contributed by atoms with Crippen molar-refractivity contribution in [2.45, 2.75) is 24.9 Å². The molecule has 2 amide bonds. The number of carbonyl (C=O) groups excluding carboxylic acids is 2. The zero-order chi connectivity index (χ0) is 19.4. The van der Waals surface area contributed by atoms with Gasteiger partial charge in [-0.25, -0.2) is 0 Å². The van der Waals surface area contributed by atoms with E-state index < -0.39 is 5.60 Å². The van der Waals surface area contributed by atoms with Gasteiger partial charge in [0.2, 0.25) is 5.91 Å². The average molecular weight is 388 g/mol. The minimum atomic E-state index is -0.689. The summed E-state index contributed by atoms with van der Waals surface area (Å²) in [7, 11) is 0. The van der Waals surface area contributed by atoms with Crippen molar-refractivity contribution in [3.8, 4) is 0 Å². The van der Waals surface area contributed by atoms with Crippen molar-refractivity contribution >= 4 is 17.5 Å². The van der Waals surface area contributed by atoms with Gasteiger partial charge in [-0.1, -0.05) is 18.2 Å². The van der Waals surface area contributed by atoms with Gasteiger partial charge in [0.05, 0.1) is 26.3 Å². The molecule has 3 aliphatic rings. The fourth-order valence-electron chi connectivity index (χ4n) is 4.23. The highest BCUT2D eigenvalue weighted by Crippen LogP contribution is 2.28. The molecule has 152 valence electrons. The van der Waals surface area contributed by atoms with Crippen LogP contribution in [0.1, 0.15) is 19.3 Å². The zero-order valence-electron chi connectivity index (χ0n) is 16.2. The Hall–Kier alpha value is -1.96. The quantitative estimate of drug-likeness (QED) is 0.784. The monoisotopic (exact) mass is 388 g/mol. The minimum absolute atomic E-state index is 0.0238. The van der Waals surface area contributed by atoms with Crippen LogP contribution in [0.15, 0.2) is 30.3 Å². The molecule has 4 rings (SSSR count). The molecule has 1 aromatic rings. The van der Waals surface area contributed by atoms with Crippen molar-refractivity contribution in [1.82, 2.24) is 4.90 Å². The Bertz CT molecular complexity index is 691. The standard InChI is InChI=1S/C21H28N2O5/c24-19(12-17-6-9-26-10-7-17)22-8-11-28-21(14-22)15-23(20(25)13-27-16-21)18-4-2-1-3-5-18/h1-5,17H,6-16H2. The number of nitrogens with zero attached hydrogens (tertiary/aromatic N) is 2. The number of hydrogen-bond donors (Lipinski definition) is 0. The van der Waals surface area contributed by atoms with Gasteiger partial charge in [-0.2, -0.15) is 0 Å². The highest BCUT2D eigenvalue weighted by Gasteiger charge is 2.43.